The number of carbonyl (C=O) groups excluding carboxylic acids is 1. The molecule has 2 fully saturated rings. The number of para-hydroxylation sites is 1. The van der Waals surface area contributed by atoms with Gasteiger partial charge in [-0.15, -0.1) is 0 Å². The Morgan fingerprint density at radius 2 is 2.21 bits per heavy atom. The number of anilines is 1. The van der Waals surface area contributed by atoms with Crippen LogP contribution in [-0.2, 0) is 9.53 Å². The van der Waals surface area contributed by atoms with Crippen molar-refractivity contribution in [1.82, 2.24) is 9.88 Å². The number of morpholine rings is 1. The highest BCUT2D eigenvalue weighted by atomic mass is 32.1. The summed E-state index contributed by atoms with van der Waals surface area (Å²) >= 11 is 1.57. The molecule has 1 saturated heterocycles. The van der Waals surface area contributed by atoms with Gasteiger partial charge in [0.1, 0.15) is 0 Å². The van der Waals surface area contributed by atoms with E-state index in [1.165, 1.54) is 12.8 Å². The minimum Gasteiger partial charge on any atom is -0.375 e. The summed E-state index contributed by atoms with van der Waals surface area (Å²) in [6.07, 6.45) is 5.07. The molecule has 0 spiro atoms. The van der Waals surface area contributed by atoms with Crippen LogP contribution in [0.25, 0.3) is 10.2 Å². The number of thiazole rings is 1. The Morgan fingerprint density at radius 3 is 3.08 bits per heavy atom. The summed E-state index contributed by atoms with van der Waals surface area (Å²) in [4.78, 5) is 21.4. The minimum absolute atomic E-state index is 0.111. The van der Waals surface area contributed by atoms with E-state index in [9.17, 15) is 4.79 Å². The molecule has 2 aliphatic rings. The maximum atomic E-state index is 12.8. The van der Waals surface area contributed by atoms with Gasteiger partial charge in [0.15, 0.2) is 5.13 Å². The van der Waals surface area contributed by atoms with Gasteiger partial charge in [0, 0.05) is 19.6 Å². The Labute approximate surface area is 146 Å². The number of rotatable bonds is 3. The average Bonchev–Trinajstić information content (AvgIpc) is 3.05. The number of nitrogens with zero attached hydrogens (tertiary/aromatic N) is 3. The van der Waals surface area contributed by atoms with Gasteiger partial charge in [-0.05, 0) is 25.0 Å². The van der Waals surface area contributed by atoms with Gasteiger partial charge in [-0.2, -0.15) is 0 Å². The normalized spacial score (nSPS) is 24.7. The maximum absolute atomic E-state index is 12.8. The molecule has 6 heteroatoms. The van der Waals surface area contributed by atoms with Crippen LogP contribution < -0.4 is 4.90 Å². The van der Waals surface area contributed by atoms with E-state index >= 15 is 0 Å². The Hall–Kier alpha value is -1.50. The molecule has 1 saturated carbocycles. The number of fused-ring (bicyclic) bond motifs is 2. The molecule has 1 aromatic heterocycles. The second-order valence-electron chi connectivity index (χ2n) is 6.65. The van der Waals surface area contributed by atoms with Crippen LogP contribution in [-0.4, -0.2) is 54.7 Å². The molecule has 1 aliphatic heterocycles. The standard InChI is InChI=1S/C18H23N3O2S/c1-20(18-19-13-6-2-5-9-16(13)24-18)17(22)12-21-10-11-23-15-8-4-3-7-14(15)21/h2,5-6,9,14-15H,3-4,7-8,10-12H2,1H3. The predicted octanol–water partition coefficient (Wildman–Crippen LogP) is 2.90. The maximum Gasteiger partial charge on any atom is 0.242 e. The quantitative estimate of drug-likeness (QED) is 0.858. The third-order valence-corrected chi connectivity index (χ3v) is 6.24. The second kappa shape index (κ2) is 6.78. The fourth-order valence-corrected chi connectivity index (χ4v) is 4.71. The minimum atomic E-state index is 0.111. The van der Waals surface area contributed by atoms with Crippen LogP contribution >= 0.6 is 11.3 Å². The SMILES string of the molecule is CN(C(=O)CN1CCOC2CCCCC21)c1nc2ccccc2s1. The summed E-state index contributed by atoms with van der Waals surface area (Å²) in [5.74, 6) is 0.111. The van der Waals surface area contributed by atoms with Crippen molar-refractivity contribution in [2.24, 2.45) is 0 Å². The first-order valence-electron chi connectivity index (χ1n) is 8.70. The van der Waals surface area contributed by atoms with Crippen molar-refractivity contribution in [3.05, 3.63) is 24.3 Å². The topological polar surface area (TPSA) is 45.7 Å². The van der Waals surface area contributed by atoms with Gasteiger partial charge in [0.05, 0.1) is 29.5 Å². The van der Waals surface area contributed by atoms with Crippen molar-refractivity contribution in [3.8, 4) is 0 Å². The lowest BCUT2D eigenvalue weighted by atomic mass is 9.90. The molecule has 2 heterocycles. The fraction of sp³-hybridized carbons (Fsp3) is 0.556. The van der Waals surface area contributed by atoms with Gasteiger partial charge < -0.3 is 4.74 Å². The van der Waals surface area contributed by atoms with Crippen LogP contribution in [0.5, 0.6) is 0 Å². The van der Waals surface area contributed by atoms with E-state index in [4.69, 9.17) is 4.74 Å². The first kappa shape index (κ1) is 16.0. The number of benzene rings is 1. The first-order valence-corrected chi connectivity index (χ1v) is 9.52. The molecular formula is C18H23N3O2S. The Balaban J connectivity index is 1.46. The van der Waals surface area contributed by atoms with Gasteiger partial charge in [-0.3, -0.25) is 14.6 Å². The molecule has 0 N–H and O–H groups in total. The summed E-state index contributed by atoms with van der Waals surface area (Å²) < 4.78 is 7.02. The van der Waals surface area contributed by atoms with E-state index in [-0.39, 0.29) is 5.91 Å². The fourth-order valence-electron chi connectivity index (χ4n) is 3.76. The first-order chi connectivity index (χ1) is 11.7. The molecule has 1 aromatic carbocycles. The van der Waals surface area contributed by atoms with E-state index in [1.54, 1.807) is 16.2 Å². The van der Waals surface area contributed by atoms with Gasteiger partial charge in [0.25, 0.3) is 0 Å². The molecular weight excluding hydrogens is 322 g/mol. The molecule has 5 nitrogen and oxygen atoms in total. The van der Waals surface area contributed by atoms with Crippen LogP contribution in [0, 0.1) is 0 Å². The monoisotopic (exact) mass is 345 g/mol. The third-order valence-electron chi connectivity index (χ3n) is 5.13. The highest BCUT2D eigenvalue weighted by molar-refractivity contribution is 7.22. The number of likely N-dealkylation sites (N-methyl/N-ethyl adjacent to an activating group) is 1. The molecule has 128 valence electrons. The number of aromatic nitrogens is 1. The average molecular weight is 345 g/mol. The van der Waals surface area contributed by atoms with E-state index in [0.717, 1.165) is 41.3 Å². The Kier molecular flexibility index (Phi) is 4.52. The van der Waals surface area contributed by atoms with Crippen LogP contribution in [0.15, 0.2) is 24.3 Å². The van der Waals surface area contributed by atoms with E-state index < -0.39 is 0 Å². The number of amides is 1. The van der Waals surface area contributed by atoms with Crippen molar-refractivity contribution in [2.75, 3.05) is 31.6 Å². The second-order valence-corrected chi connectivity index (χ2v) is 7.66. The third kappa shape index (κ3) is 3.06. The lowest BCUT2D eigenvalue weighted by molar-refractivity contribution is -0.126. The number of hydrogen-bond acceptors (Lipinski definition) is 5. The molecule has 24 heavy (non-hydrogen) atoms. The largest absolute Gasteiger partial charge is 0.375 e. The lowest BCUT2D eigenvalue weighted by Crippen LogP contribution is -2.55. The molecule has 0 radical (unpaired) electrons. The highest BCUT2D eigenvalue weighted by Crippen LogP contribution is 2.30. The highest BCUT2D eigenvalue weighted by Gasteiger charge is 2.35. The van der Waals surface area contributed by atoms with Crippen LogP contribution in [0.1, 0.15) is 25.7 Å². The summed E-state index contributed by atoms with van der Waals surface area (Å²) in [7, 11) is 1.83. The van der Waals surface area contributed by atoms with E-state index in [1.807, 2.05) is 31.3 Å². The van der Waals surface area contributed by atoms with Crippen molar-refractivity contribution in [3.63, 3.8) is 0 Å². The van der Waals surface area contributed by atoms with Gasteiger partial charge >= 0.3 is 0 Å². The molecule has 4 rings (SSSR count). The number of hydrogen-bond donors (Lipinski definition) is 0. The van der Waals surface area contributed by atoms with Gasteiger partial charge in [-0.25, -0.2) is 4.98 Å². The van der Waals surface area contributed by atoms with Crippen molar-refractivity contribution in [2.45, 2.75) is 37.8 Å². The van der Waals surface area contributed by atoms with Crippen LogP contribution in [0.3, 0.4) is 0 Å². The zero-order valence-electron chi connectivity index (χ0n) is 14.0. The van der Waals surface area contributed by atoms with E-state index in [2.05, 4.69) is 9.88 Å². The molecule has 2 aromatic rings. The molecule has 1 amide bonds. The number of carbonyl (C=O) groups is 1. The zero-order valence-corrected chi connectivity index (χ0v) is 14.8. The molecule has 1 aliphatic carbocycles. The lowest BCUT2D eigenvalue weighted by Gasteiger charge is -2.43. The summed E-state index contributed by atoms with van der Waals surface area (Å²) in [5, 5.41) is 0.773. The summed E-state index contributed by atoms with van der Waals surface area (Å²) in [6, 6.07) is 8.42. The summed E-state index contributed by atoms with van der Waals surface area (Å²) in [6.45, 7) is 2.04. The van der Waals surface area contributed by atoms with Gasteiger partial charge in [-0.1, -0.05) is 36.3 Å². The predicted molar refractivity (Wildman–Crippen MR) is 96.6 cm³/mol. The summed E-state index contributed by atoms with van der Waals surface area (Å²) in [5.41, 5.74) is 0.955. The van der Waals surface area contributed by atoms with Crippen LogP contribution in [0.2, 0.25) is 0 Å². The Bertz CT molecular complexity index is 697. The van der Waals surface area contributed by atoms with Crippen molar-refractivity contribution >= 4 is 32.6 Å². The number of ether oxygens (including phenoxy) is 1. The van der Waals surface area contributed by atoms with Gasteiger partial charge in [0.2, 0.25) is 5.91 Å². The Morgan fingerprint density at radius 1 is 1.38 bits per heavy atom. The molecule has 2 unspecified atom stereocenters. The molecule has 0 bridgehead atoms. The van der Waals surface area contributed by atoms with Crippen molar-refractivity contribution < 1.29 is 9.53 Å². The van der Waals surface area contributed by atoms with Crippen molar-refractivity contribution in [1.29, 1.82) is 0 Å². The molecule has 2 atom stereocenters. The van der Waals surface area contributed by atoms with E-state index in [0.29, 0.717) is 18.7 Å². The smallest absolute Gasteiger partial charge is 0.242 e. The van der Waals surface area contributed by atoms with Crippen LogP contribution in [0.4, 0.5) is 5.13 Å². The zero-order chi connectivity index (χ0) is 16.5.